The summed E-state index contributed by atoms with van der Waals surface area (Å²) in [5, 5.41) is 4.07. The molecule has 112 valence electrons. The second-order valence-corrected chi connectivity index (χ2v) is 5.75. The Bertz CT molecular complexity index is 438. The maximum atomic E-state index is 6.22. The zero-order valence-electron chi connectivity index (χ0n) is 12.7. The molecule has 0 spiro atoms. The highest BCUT2D eigenvalue weighted by Gasteiger charge is 2.23. The highest BCUT2D eigenvalue weighted by molar-refractivity contribution is 6.31. The molecule has 1 atom stereocenters. The first-order valence-electron chi connectivity index (χ1n) is 7.49. The minimum absolute atomic E-state index is 0.573. The monoisotopic (exact) mass is 296 g/mol. The summed E-state index contributed by atoms with van der Waals surface area (Å²) in [6.45, 7) is 12.6. The molecule has 1 aliphatic heterocycles. The molecule has 1 N–H and O–H groups in total. The van der Waals surface area contributed by atoms with Crippen molar-refractivity contribution in [3.05, 3.63) is 22.8 Å². The van der Waals surface area contributed by atoms with Gasteiger partial charge < -0.3 is 10.2 Å². The quantitative estimate of drug-likeness (QED) is 0.904. The first-order valence-corrected chi connectivity index (χ1v) is 7.87. The van der Waals surface area contributed by atoms with Crippen LogP contribution in [0.4, 0.5) is 5.82 Å². The second-order valence-electron chi connectivity index (χ2n) is 5.34. The lowest BCUT2D eigenvalue weighted by Gasteiger charge is -2.40. The van der Waals surface area contributed by atoms with Crippen LogP contribution in [0.1, 0.15) is 26.3 Å². The SMILES string of the molecule is CCNCc1cc(N2CCN(CC)C(C)C2)ncc1Cl. The Hall–Kier alpha value is -0.840. The molecule has 1 saturated heterocycles. The van der Waals surface area contributed by atoms with Crippen molar-refractivity contribution in [3.63, 3.8) is 0 Å². The van der Waals surface area contributed by atoms with Crippen molar-refractivity contribution in [3.8, 4) is 0 Å². The first kappa shape index (κ1) is 15.5. The van der Waals surface area contributed by atoms with Crippen LogP contribution in [0.25, 0.3) is 0 Å². The van der Waals surface area contributed by atoms with Crippen molar-refractivity contribution in [1.29, 1.82) is 0 Å². The average Bonchev–Trinajstić information content (AvgIpc) is 2.46. The van der Waals surface area contributed by atoms with Crippen LogP contribution in [0, 0.1) is 0 Å². The van der Waals surface area contributed by atoms with E-state index < -0.39 is 0 Å². The van der Waals surface area contributed by atoms with E-state index in [4.69, 9.17) is 11.6 Å². The van der Waals surface area contributed by atoms with Crippen molar-refractivity contribution < 1.29 is 0 Å². The van der Waals surface area contributed by atoms with Gasteiger partial charge in [-0.05, 0) is 31.6 Å². The van der Waals surface area contributed by atoms with Crippen molar-refractivity contribution in [2.24, 2.45) is 0 Å². The predicted molar refractivity (Wildman–Crippen MR) is 85.5 cm³/mol. The van der Waals surface area contributed by atoms with Crippen molar-refractivity contribution in [2.45, 2.75) is 33.4 Å². The molecule has 1 aromatic rings. The zero-order valence-corrected chi connectivity index (χ0v) is 13.5. The molecular weight excluding hydrogens is 272 g/mol. The van der Waals surface area contributed by atoms with Crippen LogP contribution in [-0.2, 0) is 6.54 Å². The third-order valence-electron chi connectivity index (χ3n) is 3.98. The second kappa shape index (κ2) is 7.25. The molecular formula is C15H25ClN4. The largest absolute Gasteiger partial charge is 0.354 e. The molecule has 2 rings (SSSR count). The van der Waals surface area contributed by atoms with E-state index in [-0.39, 0.29) is 0 Å². The maximum absolute atomic E-state index is 6.22. The van der Waals surface area contributed by atoms with E-state index in [1.54, 1.807) is 6.20 Å². The van der Waals surface area contributed by atoms with Gasteiger partial charge in [0.05, 0.1) is 5.02 Å². The Morgan fingerprint density at radius 2 is 2.20 bits per heavy atom. The normalized spacial score (nSPS) is 20.4. The Morgan fingerprint density at radius 3 is 2.85 bits per heavy atom. The van der Waals surface area contributed by atoms with E-state index in [1.165, 1.54) is 0 Å². The fourth-order valence-corrected chi connectivity index (χ4v) is 2.88. The molecule has 1 fully saturated rings. The summed E-state index contributed by atoms with van der Waals surface area (Å²) >= 11 is 6.22. The van der Waals surface area contributed by atoms with E-state index in [9.17, 15) is 0 Å². The molecule has 4 nitrogen and oxygen atoms in total. The third-order valence-corrected chi connectivity index (χ3v) is 4.32. The number of halogens is 1. The number of rotatable bonds is 5. The van der Waals surface area contributed by atoms with Gasteiger partial charge in [0, 0.05) is 38.4 Å². The molecule has 0 aliphatic carbocycles. The number of likely N-dealkylation sites (N-methyl/N-ethyl adjacent to an activating group) is 1. The van der Waals surface area contributed by atoms with Crippen LogP contribution >= 0.6 is 11.6 Å². The number of nitrogens with one attached hydrogen (secondary N) is 1. The fourth-order valence-electron chi connectivity index (χ4n) is 2.71. The lowest BCUT2D eigenvalue weighted by Crippen LogP contribution is -2.52. The predicted octanol–water partition coefficient (Wildman–Crippen LogP) is 2.37. The molecule has 1 aliphatic rings. The Labute approximate surface area is 127 Å². The lowest BCUT2D eigenvalue weighted by molar-refractivity contribution is 0.199. The summed E-state index contributed by atoms with van der Waals surface area (Å²) in [5.41, 5.74) is 1.13. The Morgan fingerprint density at radius 1 is 1.40 bits per heavy atom. The summed E-state index contributed by atoms with van der Waals surface area (Å²) in [4.78, 5) is 9.37. The average molecular weight is 297 g/mol. The van der Waals surface area contributed by atoms with E-state index in [2.05, 4.69) is 46.9 Å². The van der Waals surface area contributed by atoms with Gasteiger partial charge in [-0.15, -0.1) is 0 Å². The van der Waals surface area contributed by atoms with Gasteiger partial charge in [-0.3, -0.25) is 4.90 Å². The van der Waals surface area contributed by atoms with Gasteiger partial charge in [-0.2, -0.15) is 0 Å². The van der Waals surface area contributed by atoms with E-state index in [0.29, 0.717) is 6.04 Å². The van der Waals surface area contributed by atoms with E-state index in [1.807, 2.05) is 0 Å². The number of hydrogen-bond donors (Lipinski definition) is 1. The summed E-state index contributed by atoms with van der Waals surface area (Å²) in [5.74, 6) is 1.05. The topological polar surface area (TPSA) is 31.4 Å². The molecule has 0 saturated carbocycles. The van der Waals surface area contributed by atoms with Gasteiger partial charge >= 0.3 is 0 Å². The van der Waals surface area contributed by atoms with E-state index >= 15 is 0 Å². The number of nitrogens with zero attached hydrogens (tertiary/aromatic N) is 3. The highest BCUT2D eigenvalue weighted by atomic mass is 35.5. The lowest BCUT2D eigenvalue weighted by atomic mass is 10.1. The summed E-state index contributed by atoms with van der Waals surface area (Å²) in [7, 11) is 0. The maximum Gasteiger partial charge on any atom is 0.129 e. The molecule has 2 heterocycles. The van der Waals surface area contributed by atoms with Gasteiger partial charge in [-0.25, -0.2) is 4.98 Å². The van der Waals surface area contributed by atoms with Crippen LogP contribution in [-0.4, -0.2) is 48.6 Å². The van der Waals surface area contributed by atoms with Gasteiger partial charge in [-0.1, -0.05) is 25.4 Å². The smallest absolute Gasteiger partial charge is 0.129 e. The fraction of sp³-hybridized carbons (Fsp3) is 0.667. The standard InChI is InChI=1S/C15H25ClN4/c1-4-17-9-13-8-15(18-10-14(13)16)20-7-6-19(5-2)12(3)11-20/h8,10,12,17H,4-7,9,11H2,1-3H3. The third kappa shape index (κ3) is 3.62. The van der Waals surface area contributed by atoms with Crippen LogP contribution in [0.2, 0.25) is 5.02 Å². The minimum Gasteiger partial charge on any atom is -0.354 e. The van der Waals surface area contributed by atoms with Crippen molar-refractivity contribution in [1.82, 2.24) is 15.2 Å². The van der Waals surface area contributed by atoms with Crippen molar-refractivity contribution in [2.75, 3.05) is 37.6 Å². The molecule has 0 radical (unpaired) electrons. The molecule has 0 bridgehead atoms. The number of piperazine rings is 1. The van der Waals surface area contributed by atoms with Crippen LogP contribution in [0.15, 0.2) is 12.3 Å². The zero-order chi connectivity index (χ0) is 14.5. The molecule has 5 heteroatoms. The number of pyridine rings is 1. The molecule has 0 amide bonds. The van der Waals surface area contributed by atoms with Crippen molar-refractivity contribution >= 4 is 17.4 Å². The van der Waals surface area contributed by atoms with Gasteiger partial charge in [0.25, 0.3) is 0 Å². The Kier molecular flexibility index (Phi) is 5.64. The molecule has 0 aromatic carbocycles. The van der Waals surface area contributed by atoms with Crippen LogP contribution in [0.3, 0.4) is 0 Å². The summed E-state index contributed by atoms with van der Waals surface area (Å²) in [6, 6.07) is 2.70. The van der Waals surface area contributed by atoms with Gasteiger partial charge in [0.1, 0.15) is 5.82 Å². The molecule has 20 heavy (non-hydrogen) atoms. The number of anilines is 1. The van der Waals surface area contributed by atoms with Crippen LogP contribution < -0.4 is 10.2 Å². The summed E-state index contributed by atoms with van der Waals surface area (Å²) in [6.07, 6.45) is 1.78. The molecule has 1 aromatic heterocycles. The number of hydrogen-bond acceptors (Lipinski definition) is 4. The van der Waals surface area contributed by atoms with E-state index in [0.717, 1.165) is 55.7 Å². The minimum atomic E-state index is 0.573. The van der Waals surface area contributed by atoms with Gasteiger partial charge in [0.2, 0.25) is 0 Å². The van der Waals surface area contributed by atoms with Gasteiger partial charge in [0.15, 0.2) is 0 Å². The molecule has 1 unspecified atom stereocenters. The van der Waals surface area contributed by atoms with Crippen LogP contribution in [0.5, 0.6) is 0 Å². The number of aromatic nitrogens is 1. The Balaban J connectivity index is 2.09. The first-order chi connectivity index (χ1) is 9.65. The summed E-state index contributed by atoms with van der Waals surface area (Å²) < 4.78 is 0. The highest BCUT2D eigenvalue weighted by Crippen LogP contribution is 2.22.